The molecule has 2 fully saturated rings. The molecule has 0 amide bonds. The highest BCUT2D eigenvalue weighted by Gasteiger charge is 2.61. The topological polar surface area (TPSA) is 214 Å². The maximum atomic E-state index is 12.1. The van der Waals surface area contributed by atoms with Gasteiger partial charge in [-0.1, -0.05) is 5.18 Å². The Morgan fingerprint density at radius 1 is 1.15 bits per heavy atom. The second-order valence-corrected chi connectivity index (χ2v) is 7.19. The van der Waals surface area contributed by atoms with Crippen molar-refractivity contribution in [1.82, 2.24) is 0 Å². The minimum atomic E-state index is -4.03. The van der Waals surface area contributed by atoms with Gasteiger partial charge in [0.2, 0.25) is 11.6 Å². The lowest BCUT2D eigenvalue weighted by Crippen LogP contribution is -2.70. The summed E-state index contributed by atoms with van der Waals surface area (Å²) in [5, 5.41) is 68.9. The number of ether oxygens (including phenoxy) is 1. The third-order valence-corrected chi connectivity index (χ3v) is 5.35. The molecule has 0 aromatic rings. The van der Waals surface area contributed by atoms with E-state index in [2.05, 4.69) is 5.18 Å². The van der Waals surface area contributed by atoms with E-state index in [1.54, 1.807) is 0 Å². The number of carbonyl (C=O) groups is 2. The molecule has 0 bridgehead atoms. The molecule has 1 heterocycles. The zero-order valence-electron chi connectivity index (χ0n) is 14.3. The molecule has 1 aliphatic heterocycles. The van der Waals surface area contributed by atoms with Crippen LogP contribution in [0.3, 0.4) is 0 Å². The standard InChI is InChI=1S/C15H23NO11/c17-6-14(22,23)15(24,25)13(20,21)5-7(18)1-2-8-9-3-12(19)27-11(9)4-10(8)16-26/h8-11,17,20-25H,1-6H2/t8-,9-,10-,11+/m1/s1. The van der Waals surface area contributed by atoms with Crippen molar-refractivity contribution < 1.29 is 50.1 Å². The smallest absolute Gasteiger partial charge is 0.306 e. The molecule has 154 valence electrons. The molecule has 0 radical (unpaired) electrons. The van der Waals surface area contributed by atoms with E-state index in [4.69, 9.17) is 9.84 Å². The predicted molar refractivity (Wildman–Crippen MR) is 83.1 cm³/mol. The number of aliphatic hydroxyl groups is 7. The lowest BCUT2D eigenvalue weighted by molar-refractivity contribution is -0.454. The second kappa shape index (κ2) is 7.47. The third-order valence-electron chi connectivity index (χ3n) is 5.35. The third kappa shape index (κ3) is 4.01. The average molecular weight is 393 g/mol. The van der Waals surface area contributed by atoms with Crippen molar-refractivity contribution in [3.05, 3.63) is 4.91 Å². The number of nitroso groups, excluding NO2 is 1. The molecule has 2 aliphatic rings. The molecule has 12 nitrogen and oxygen atoms in total. The Kier molecular flexibility index (Phi) is 6.02. The molecule has 1 saturated carbocycles. The van der Waals surface area contributed by atoms with Crippen molar-refractivity contribution in [2.24, 2.45) is 17.0 Å². The molecule has 1 aliphatic carbocycles. The number of carbonyl (C=O) groups excluding carboxylic acids is 2. The van der Waals surface area contributed by atoms with E-state index < -0.39 is 60.2 Å². The molecule has 1 saturated heterocycles. The van der Waals surface area contributed by atoms with Crippen molar-refractivity contribution in [3.63, 3.8) is 0 Å². The average Bonchev–Trinajstić information content (AvgIpc) is 3.07. The van der Waals surface area contributed by atoms with Gasteiger partial charge in [0.25, 0.3) is 5.79 Å². The number of esters is 1. The summed E-state index contributed by atoms with van der Waals surface area (Å²) < 4.78 is 5.08. The van der Waals surface area contributed by atoms with Crippen molar-refractivity contribution in [2.75, 3.05) is 6.61 Å². The number of ketones is 1. The van der Waals surface area contributed by atoms with Crippen LogP contribution in [0.4, 0.5) is 0 Å². The van der Waals surface area contributed by atoms with E-state index in [1.165, 1.54) is 0 Å². The van der Waals surface area contributed by atoms with Crippen LogP contribution in [0.2, 0.25) is 0 Å². The van der Waals surface area contributed by atoms with Crippen LogP contribution < -0.4 is 0 Å². The summed E-state index contributed by atoms with van der Waals surface area (Å²) in [6, 6.07) is -0.666. The highest BCUT2D eigenvalue weighted by molar-refractivity contribution is 5.79. The zero-order chi connectivity index (χ0) is 20.6. The number of Topliss-reactive ketones (excluding diaryl/α,β-unsaturated/α-hetero) is 1. The highest BCUT2D eigenvalue weighted by atomic mass is 16.7. The maximum absolute atomic E-state index is 12.1. The minimum Gasteiger partial charge on any atom is -0.462 e. The normalized spacial score (nSPS) is 28.8. The largest absolute Gasteiger partial charge is 0.462 e. The van der Waals surface area contributed by atoms with Gasteiger partial charge in [-0.25, -0.2) is 0 Å². The van der Waals surface area contributed by atoms with Crippen molar-refractivity contribution in [2.45, 2.75) is 61.6 Å². The predicted octanol–water partition coefficient (Wildman–Crippen LogP) is -3.15. The van der Waals surface area contributed by atoms with E-state index >= 15 is 0 Å². The zero-order valence-corrected chi connectivity index (χ0v) is 14.3. The molecular formula is C15H23NO11. The van der Waals surface area contributed by atoms with E-state index in [-0.39, 0.29) is 31.6 Å². The van der Waals surface area contributed by atoms with Crippen molar-refractivity contribution in [1.29, 1.82) is 0 Å². The first kappa shape index (κ1) is 21.8. The summed E-state index contributed by atoms with van der Waals surface area (Å²) in [5.41, 5.74) is 0. The fourth-order valence-corrected chi connectivity index (χ4v) is 3.75. The van der Waals surface area contributed by atoms with Crippen molar-refractivity contribution >= 4 is 11.8 Å². The van der Waals surface area contributed by atoms with Crippen LogP contribution >= 0.6 is 0 Å². The van der Waals surface area contributed by atoms with Crippen molar-refractivity contribution in [3.8, 4) is 0 Å². The summed E-state index contributed by atoms with van der Waals surface area (Å²) >= 11 is 0. The Morgan fingerprint density at radius 3 is 2.33 bits per heavy atom. The van der Waals surface area contributed by atoms with Crippen LogP contribution in [0.15, 0.2) is 5.18 Å². The van der Waals surface area contributed by atoms with E-state index in [0.29, 0.717) is 0 Å². The summed E-state index contributed by atoms with van der Waals surface area (Å²) in [6.45, 7) is -1.65. The van der Waals surface area contributed by atoms with Crippen LogP contribution in [0.5, 0.6) is 0 Å². The first-order chi connectivity index (χ1) is 12.4. The lowest BCUT2D eigenvalue weighted by atomic mass is 9.85. The quantitative estimate of drug-likeness (QED) is 0.118. The van der Waals surface area contributed by atoms with Crippen LogP contribution in [-0.2, 0) is 14.3 Å². The molecule has 0 aromatic heterocycles. The Bertz CT molecular complexity index is 603. The molecule has 0 aromatic carbocycles. The summed E-state index contributed by atoms with van der Waals surface area (Å²) in [5.74, 6) is -13.4. The molecule has 7 N–H and O–H groups in total. The van der Waals surface area contributed by atoms with Gasteiger partial charge in [0.1, 0.15) is 18.5 Å². The van der Waals surface area contributed by atoms with Crippen LogP contribution in [0.1, 0.15) is 32.1 Å². The highest BCUT2D eigenvalue weighted by Crippen LogP contribution is 2.45. The van der Waals surface area contributed by atoms with E-state index in [9.17, 15) is 45.1 Å². The van der Waals surface area contributed by atoms with Gasteiger partial charge < -0.3 is 40.5 Å². The lowest BCUT2D eigenvalue weighted by Gasteiger charge is -2.41. The number of fused-ring (bicyclic) bond motifs is 1. The van der Waals surface area contributed by atoms with Gasteiger partial charge in [-0.05, 0) is 12.3 Å². The number of rotatable bonds is 9. The summed E-state index contributed by atoms with van der Waals surface area (Å²) in [7, 11) is 0. The van der Waals surface area contributed by atoms with Crippen LogP contribution in [0.25, 0.3) is 0 Å². The molecule has 12 heteroatoms. The van der Waals surface area contributed by atoms with Crippen LogP contribution in [0, 0.1) is 16.7 Å². The molecule has 2 rings (SSSR count). The van der Waals surface area contributed by atoms with Gasteiger partial charge in [0.15, 0.2) is 0 Å². The molecule has 0 unspecified atom stereocenters. The first-order valence-corrected chi connectivity index (χ1v) is 8.35. The van der Waals surface area contributed by atoms with E-state index in [0.717, 1.165) is 0 Å². The summed E-state index contributed by atoms with van der Waals surface area (Å²) in [6.07, 6.45) is -1.67. The van der Waals surface area contributed by atoms with Crippen LogP contribution in [-0.4, -0.2) is 83.6 Å². The molecule has 27 heavy (non-hydrogen) atoms. The fraction of sp³-hybridized carbons (Fsp3) is 0.867. The van der Waals surface area contributed by atoms with Gasteiger partial charge in [-0.15, -0.1) is 0 Å². The maximum Gasteiger partial charge on any atom is 0.306 e. The number of hydrogen-bond acceptors (Lipinski definition) is 12. The second-order valence-electron chi connectivity index (χ2n) is 7.19. The Hall–Kier alpha value is -1.54. The van der Waals surface area contributed by atoms with Gasteiger partial charge >= 0.3 is 5.97 Å². The van der Waals surface area contributed by atoms with Gasteiger partial charge in [-0.3, -0.25) is 9.59 Å². The minimum absolute atomic E-state index is 0.0658. The monoisotopic (exact) mass is 393 g/mol. The van der Waals surface area contributed by atoms with Gasteiger partial charge in [0, 0.05) is 18.8 Å². The molecular weight excluding hydrogens is 370 g/mol. The molecule has 0 spiro atoms. The summed E-state index contributed by atoms with van der Waals surface area (Å²) in [4.78, 5) is 34.4. The number of nitrogens with zero attached hydrogens (tertiary/aromatic N) is 1. The Morgan fingerprint density at radius 2 is 1.78 bits per heavy atom. The van der Waals surface area contributed by atoms with Gasteiger partial charge in [0.05, 0.1) is 18.9 Å². The number of hydrogen-bond donors (Lipinski definition) is 7. The van der Waals surface area contributed by atoms with Gasteiger partial charge in [-0.2, -0.15) is 4.91 Å². The first-order valence-electron chi connectivity index (χ1n) is 8.35. The SMILES string of the molecule is O=N[C@@H]1C[C@@H]2OC(=O)C[C@@H]2[C@H]1CCC(=O)CC(O)(O)C(O)(O)C(O)(O)CO. The van der Waals surface area contributed by atoms with E-state index in [1.807, 2.05) is 0 Å². The molecule has 4 atom stereocenters. The number of aliphatic hydroxyl groups excluding tert-OH is 1. The Balaban J connectivity index is 1.99. The Labute approximate surface area is 153 Å². The fourth-order valence-electron chi connectivity index (χ4n) is 3.75.